The van der Waals surface area contributed by atoms with Crippen LogP contribution in [0.5, 0.6) is 0 Å². The summed E-state index contributed by atoms with van der Waals surface area (Å²) >= 11 is 0. The van der Waals surface area contributed by atoms with Crippen LogP contribution in [0.15, 0.2) is 47.1 Å². The molecule has 1 atom stereocenters. The largest absolute Gasteiger partial charge is 0.468 e. The number of para-hydroxylation sites is 1. The Bertz CT molecular complexity index is 1030. The Hall–Kier alpha value is -3.60. The highest BCUT2D eigenvalue weighted by Gasteiger charge is 2.62. The van der Waals surface area contributed by atoms with Gasteiger partial charge in [0.2, 0.25) is 11.8 Å². The second kappa shape index (κ2) is 6.23. The predicted molar refractivity (Wildman–Crippen MR) is 96.3 cm³/mol. The lowest BCUT2D eigenvalue weighted by Gasteiger charge is -2.37. The SMILES string of the molecule is COC(=O)CN1C(=O)[C@@]2(C(C#N)=C(N)OC3=C2C(=O)CCC3)c2ccccc21. The van der Waals surface area contributed by atoms with Gasteiger partial charge in [-0.3, -0.25) is 19.3 Å². The van der Waals surface area contributed by atoms with E-state index in [2.05, 4.69) is 0 Å². The topological polar surface area (TPSA) is 123 Å². The van der Waals surface area contributed by atoms with Crippen LogP contribution in [0, 0.1) is 11.3 Å². The van der Waals surface area contributed by atoms with E-state index in [4.69, 9.17) is 15.2 Å². The molecule has 0 unspecified atom stereocenters. The van der Waals surface area contributed by atoms with E-state index < -0.39 is 17.3 Å². The second-order valence-electron chi connectivity index (χ2n) is 6.76. The van der Waals surface area contributed by atoms with Crippen LogP contribution in [0.3, 0.4) is 0 Å². The Balaban J connectivity index is 2.05. The van der Waals surface area contributed by atoms with Crippen molar-refractivity contribution in [2.75, 3.05) is 18.6 Å². The first-order valence-electron chi connectivity index (χ1n) is 8.80. The smallest absolute Gasteiger partial charge is 0.325 e. The van der Waals surface area contributed by atoms with Crippen molar-refractivity contribution in [2.45, 2.75) is 24.7 Å². The van der Waals surface area contributed by atoms with Crippen LogP contribution in [0.1, 0.15) is 24.8 Å². The van der Waals surface area contributed by atoms with Crippen molar-refractivity contribution in [2.24, 2.45) is 5.73 Å². The summed E-state index contributed by atoms with van der Waals surface area (Å²) in [6.07, 6.45) is 1.26. The highest BCUT2D eigenvalue weighted by atomic mass is 16.5. The molecular weight excluding hydrogens is 362 g/mol. The quantitative estimate of drug-likeness (QED) is 0.765. The van der Waals surface area contributed by atoms with E-state index in [1.807, 2.05) is 6.07 Å². The Labute approximate surface area is 160 Å². The summed E-state index contributed by atoms with van der Waals surface area (Å²) in [4.78, 5) is 39.8. The number of benzene rings is 1. The Morgan fingerprint density at radius 1 is 1.36 bits per heavy atom. The molecular formula is C20H17N3O5. The van der Waals surface area contributed by atoms with Gasteiger partial charge in [-0.05, 0) is 12.5 Å². The molecule has 1 aliphatic carbocycles. The zero-order valence-electron chi connectivity index (χ0n) is 15.2. The number of carbonyl (C=O) groups is 3. The lowest BCUT2D eigenvalue weighted by Crippen LogP contribution is -2.50. The van der Waals surface area contributed by atoms with Gasteiger partial charge in [0.15, 0.2) is 5.78 Å². The third kappa shape index (κ3) is 2.13. The third-order valence-electron chi connectivity index (χ3n) is 5.39. The normalized spacial score (nSPS) is 23.4. The summed E-state index contributed by atoms with van der Waals surface area (Å²) in [7, 11) is 1.23. The monoisotopic (exact) mass is 379 g/mol. The van der Waals surface area contributed by atoms with Gasteiger partial charge < -0.3 is 15.2 Å². The minimum absolute atomic E-state index is 0.133. The molecule has 4 rings (SSSR count). The van der Waals surface area contributed by atoms with E-state index in [-0.39, 0.29) is 35.8 Å². The van der Waals surface area contributed by atoms with Crippen LogP contribution in [0.4, 0.5) is 5.69 Å². The van der Waals surface area contributed by atoms with E-state index in [1.54, 1.807) is 24.3 Å². The molecule has 1 aromatic rings. The summed E-state index contributed by atoms with van der Waals surface area (Å²) in [5, 5.41) is 9.86. The first-order valence-corrected chi connectivity index (χ1v) is 8.80. The summed E-state index contributed by atoms with van der Waals surface area (Å²) in [6.45, 7) is -0.343. The zero-order chi connectivity index (χ0) is 20.1. The lowest BCUT2D eigenvalue weighted by atomic mass is 9.65. The molecule has 3 aliphatic rings. The van der Waals surface area contributed by atoms with Crippen molar-refractivity contribution >= 4 is 23.3 Å². The molecule has 28 heavy (non-hydrogen) atoms. The highest BCUT2D eigenvalue weighted by molar-refractivity contribution is 6.20. The van der Waals surface area contributed by atoms with Gasteiger partial charge in [-0.2, -0.15) is 5.26 Å². The second-order valence-corrected chi connectivity index (χ2v) is 6.76. The molecule has 2 heterocycles. The van der Waals surface area contributed by atoms with Crippen molar-refractivity contribution in [3.8, 4) is 6.07 Å². The van der Waals surface area contributed by atoms with E-state index in [0.29, 0.717) is 29.9 Å². The minimum Gasteiger partial charge on any atom is -0.468 e. The van der Waals surface area contributed by atoms with Crippen LogP contribution in [0.25, 0.3) is 0 Å². The van der Waals surface area contributed by atoms with Gasteiger partial charge in [-0.25, -0.2) is 0 Å². The van der Waals surface area contributed by atoms with Crippen LogP contribution >= 0.6 is 0 Å². The van der Waals surface area contributed by atoms with Gasteiger partial charge in [0.25, 0.3) is 0 Å². The lowest BCUT2D eigenvalue weighted by molar-refractivity contribution is -0.140. The van der Waals surface area contributed by atoms with Crippen LogP contribution < -0.4 is 10.6 Å². The number of carbonyl (C=O) groups excluding carboxylic acids is 3. The zero-order valence-corrected chi connectivity index (χ0v) is 15.2. The number of anilines is 1. The summed E-state index contributed by atoms with van der Waals surface area (Å²) in [5.74, 6) is -1.34. The molecule has 1 spiro atoms. The molecule has 0 bridgehead atoms. The predicted octanol–water partition coefficient (Wildman–Crippen LogP) is 1.18. The molecule has 8 heteroatoms. The Morgan fingerprint density at radius 3 is 2.82 bits per heavy atom. The van der Waals surface area contributed by atoms with Crippen molar-refractivity contribution in [1.29, 1.82) is 5.26 Å². The van der Waals surface area contributed by atoms with Crippen LogP contribution in [-0.4, -0.2) is 31.3 Å². The maximum Gasteiger partial charge on any atom is 0.325 e. The van der Waals surface area contributed by atoms with Crippen molar-refractivity contribution < 1.29 is 23.9 Å². The number of nitrogens with two attached hydrogens (primary N) is 1. The molecule has 8 nitrogen and oxygen atoms in total. The summed E-state index contributed by atoms with van der Waals surface area (Å²) in [6, 6.07) is 8.74. The van der Waals surface area contributed by atoms with Gasteiger partial charge >= 0.3 is 5.97 Å². The molecule has 0 saturated heterocycles. The van der Waals surface area contributed by atoms with Crippen LogP contribution in [-0.2, 0) is 29.3 Å². The number of nitriles is 1. The number of fused-ring (bicyclic) bond motifs is 3. The average molecular weight is 379 g/mol. The molecule has 142 valence electrons. The fraction of sp³-hybridized carbons (Fsp3) is 0.300. The average Bonchev–Trinajstić information content (AvgIpc) is 2.92. The first-order chi connectivity index (χ1) is 13.5. The molecule has 1 aromatic carbocycles. The van der Waals surface area contributed by atoms with E-state index in [0.717, 1.165) is 0 Å². The molecule has 0 aromatic heterocycles. The highest BCUT2D eigenvalue weighted by Crippen LogP contribution is 2.55. The molecule has 2 aliphatic heterocycles. The number of Topliss-reactive ketones (excluding diaryl/α,β-unsaturated/α-hetero) is 1. The first kappa shape index (κ1) is 17.8. The minimum atomic E-state index is -1.70. The number of nitrogens with zero attached hydrogens (tertiary/aromatic N) is 2. The number of amides is 1. The van der Waals surface area contributed by atoms with E-state index >= 15 is 0 Å². The van der Waals surface area contributed by atoms with E-state index in [1.165, 1.54) is 12.0 Å². The molecule has 0 fully saturated rings. The number of allylic oxidation sites excluding steroid dienone is 1. The summed E-state index contributed by atoms with van der Waals surface area (Å²) < 4.78 is 10.3. The number of rotatable bonds is 2. The number of esters is 1. The molecule has 0 radical (unpaired) electrons. The number of hydrogen-bond acceptors (Lipinski definition) is 7. The van der Waals surface area contributed by atoms with Gasteiger partial charge in [0.1, 0.15) is 29.4 Å². The maximum absolute atomic E-state index is 13.7. The van der Waals surface area contributed by atoms with Gasteiger partial charge in [-0.1, -0.05) is 18.2 Å². The Morgan fingerprint density at radius 2 is 2.11 bits per heavy atom. The van der Waals surface area contributed by atoms with E-state index in [9.17, 15) is 19.6 Å². The standard InChI is InChI=1S/C20H17N3O5/c1-27-16(25)10-23-13-6-3-2-5-11(13)20(19(23)26)12(9-21)18(22)28-15-8-4-7-14(24)17(15)20/h2-3,5-6H,4,7-8,10,22H2,1H3/t20-/m1/s1. The van der Waals surface area contributed by atoms with Crippen molar-refractivity contribution in [3.05, 3.63) is 52.6 Å². The van der Waals surface area contributed by atoms with Gasteiger partial charge in [0, 0.05) is 24.1 Å². The third-order valence-corrected chi connectivity index (χ3v) is 5.39. The number of ether oxygens (including phenoxy) is 2. The number of hydrogen-bond donors (Lipinski definition) is 1. The fourth-order valence-electron chi connectivity index (χ4n) is 4.25. The van der Waals surface area contributed by atoms with Crippen LogP contribution in [0.2, 0.25) is 0 Å². The van der Waals surface area contributed by atoms with Gasteiger partial charge in [0.05, 0.1) is 12.7 Å². The fourth-order valence-corrected chi connectivity index (χ4v) is 4.25. The number of ketones is 1. The summed E-state index contributed by atoms with van der Waals surface area (Å²) in [5.41, 5.74) is 5.21. The molecule has 2 N–H and O–H groups in total. The molecule has 1 amide bonds. The van der Waals surface area contributed by atoms with Crippen molar-refractivity contribution in [3.63, 3.8) is 0 Å². The van der Waals surface area contributed by atoms with Gasteiger partial charge in [-0.15, -0.1) is 0 Å². The van der Waals surface area contributed by atoms with Crippen molar-refractivity contribution in [1.82, 2.24) is 0 Å². The molecule has 0 saturated carbocycles. The maximum atomic E-state index is 13.7. The Kier molecular flexibility index (Phi) is 3.96. The number of methoxy groups -OCH3 is 1.